The van der Waals surface area contributed by atoms with E-state index in [2.05, 4.69) is 15.3 Å². The quantitative estimate of drug-likeness (QED) is 0.479. The van der Waals surface area contributed by atoms with Gasteiger partial charge < -0.3 is 15.3 Å². The van der Waals surface area contributed by atoms with Crippen LogP contribution in [0.4, 0.5) is 4.39 Å². The van der Waals surface area contributed by atoms with Crippen LogP contribution in [0, 0.1) is 12.7 Å². The van der Waals surface area contributed by atoms with E-state index in [4.69, 9.17) is 11.6 Å². The van der Waals surface area contributed by atoms with Crippen molar-refractivity contribution in [2.75, 3.05) is 6.54 Å². The summed E-state index contributed by atoms with van der Waals surface area (Å²) < 4.78 is 13.9. The van der Waals surface area contributed by atoms with Crippen LogP contribution in [0.25, 0.3) is 21.8 Å². The van der Waals surface area contributed by atoms with E-state index in [1.807, 2.05) is 25.1 Å². The van der Waals surface area contributed by atoms with Crippen molar-refractivity contribution >= 4 is 39.3 Å². The summed E-state index contributed by atoms with van der Waals surface area (Å²) in [5.74, 6) is -0.446. The first-order chi connectivity index (χ1) is 12.5. The lowest BCUT2D eigenvalue weighted by molar-refractivity contribution is 0.0950. The van der Waals surface area contributed by atoms with Gasteiger partial charge in [-0.2, -0.15) is 0 Å². The lowest BCUT2D eigenvalue weighted by Crippen LogP contribution is -2.26. The Morgan fingerprint density at radius 2 is 2.04 bits per heavy atom. The Morgan fingerprint density at radius 3 is 2.88 bits per heavy atom. The second-order valence-corrected chi connectivity index (χ2v) is 6.75. The summed E-state index contributed by atoms with van der Waals surface area (Å²) in [6.07, 6.45) is 0.618. The molecule has 2 heterocycles. The van der Waals surface area contributed by atoms with Crippen LogP contribution in [0.15, 0.2) is 42.5 Å². The molecule has 2 aromatic heterocycles. The van der Waals surface area contributed by atoms with Crippen molar-refractivity contribution in [3.05, 3.63) is 70.3 Å². The van der Waals surface area contributed by atoms with Crippen LogP contribution >= 0.6 is 11.6 Å². The molecule has 0 saturated carbocycles. The lowest BCUT2D eigenvalue weighted by atomic mass is 10.1. The molecule has 6 heteroatoms. The zero-order chi connectivity index (χ0) is 18.3. The Kier molecular flexibility index (Phi) is 4.17. The van der Waals surface area contributed by atoms with E-state index in [0.717, 1.165) is 27.5 Å². The van der Waals surface area contributed by atoms with Gasteiger partial charge in [0.05, 0.1) is 5.52 Å². The van der Waals surface area contributed by atoms with E-state index >= 15 is 0 Å². The van der Waals surface area contributed by atoms with Crippen LogP contribution in [-0.4, -0.2) is 22.4 Å². The summed E-state index contributed by atoms with van der Waals surface area (Å²) >= 11 is 5.98. The normalized spacial score (nSPS) is 11.3. The third kappa shape index (κ3) is 2.95. The average molecular weight is 370 g/mol. The van der Waals surface area contributed by atoms with Crippen molar-refractivity contribution in [3.63, 3.8) is 0 Å². The molecule has 0 saturated heterocycles. The largest absolute Gasteiger partial charge is 0.356 e. The number of nitrogens with one attached hydrogen (secondary N) is 3. The molecule has 0 fully saturated rings. The first kappa shape index (κ1) is 16.7. The number of para-hydroxylation sites is 1. The fraction of sp³-hybridized carbons (Fsp3) is 0.150. The van der Waals surface area contributed by atoms with Gasteiger partial charge in [-0.3, -0.25) is 4.79 Å². The Balaban J connectivity index is 1.48. The second-order valence-electron chi connectivity index (χ2n) is 6.31. The summed E-state index contributed by atoms with van der Waals surface area (Å²) in [5.41, 5.74) is 3.80. The fourth-order valence-electron chi connectivity index (χ4n) is 3.31. The lowest BCUT2D eigenvalue weighted by Gasteiger charge is -2.04. The van der Waals surface area contributed by atoms with Gasteiger partial charge in [0.25, 0.3) is 5.91 Å². The number of aryl methyl sites for hydroxylation is 1. The van der Waals surface area contributed by atoms with Gasteiger partial charge in [0, 0.05) is 33.6 Å². The van der Waals surface area contributed by atoms with E-state index in [0.29, 0.717) is 29.2 Å². The number of benzene rings is 2. The number of amides is 1. The monoisotopic (exact) mass is 369 g/mol. The van der Waals surface area contributed by atoms with Crippen molar-refractivity contribution in [1.29, 1.82) is 0 Å². The molecule has 0 spiro atoms. The van der Waals surface area contributed by atoms with Gasteiger partial charge in [-0.05, 0) is 49.2 Å². The van der Waals surface area contributed by atoms with Crippen LogP contribution in [0.5, 0.6) is 0 Å². The van der Waals surface area contributed by atoms with Gasteiger partial charge in [0.15, 0.2) is 0 Å². The minimum atomic E-state index is -0.266. The number of H-pyrrole nitrogens is 2. The summed E-state index contributed by atoms with van der Waals surface area (Å²) in [7, 11) is 0. The van der Waals surface area contributed by atoms with Crippen LogP contribution in [0.1, 0.15) is 21.7 Å². The molecule has 0 unspecified atom stereocenters. The van der Waals surface area contributed by atoms with Gasteiger partial charge in [0.1, 0.15) is 11.5 Å². The number of aromatic amines is 2. The molecule has 0 aliphatic rings. The van der Waals surface area contributed by atoms with Crippen LogP contribution in [-0.2, 0) is 6.42 Å². The number of hydrogen-bond donors (Lipinski definition) is 3. The average Bonchev–Trinajstić information content (AvgIpc) is 3.17. The molecular formula is C20H17ClFN3O. The van der Waals surface area contributed by atoms with Crippen molar-refractivity contribution in [2.45, 2.75) is 13.3 Å². The molecule has 4 rings (SSSR count). The molecule has 132 valence electrons. The maximum atomic E-state index is 13.9. The van der Waals surface area contributed by atoms with Crippen molar-refractivity contribution < 1.29 is 9.18 Å². The summed E-state index contributed by atoms with van der Waals surface area (Å²) in [4.78, 5) is 18.6. The summed E-state index contributed by atoms with van der Waals surface area (Å²) in [5, 5.41) is 5.29. The minimum Gasteiger partial charge on any atom is -0.356 e. The van der Waals surface area contributed by atoms with Gasteiger partial charge in [-0.25, -0.2) is 4.39 Å². The van der Waals surface area contributed by atoms with E-state index in [1.54, 1.807) is 18.2 Å². The molecule has 3 N–H and O–H groups in total. The zero-order valence-electron chi connectivity index (χ0n) is 14.1. The molecule has 0 aliphatic carbocycles. The maximum Gasteiger partial charge on any atom is 0.267 e. The molecule has 2 aromatic carbocycles. The Labute approximate surface area is 154 Å². The predicted molar refractivity (Wildman–Crippen MR) is 102 cm³/mol. The first-order valence-electron chi connectivity index (χ1n) is 8.35. The molecule has 4 nitrogen and oxygen atoms in total. The van der Waals surface area contributed by atoms with Gasteiger partial charge >= 0.3 is 0 Å². The van der Waals surface area contributed by atoms with E-state index in [-0.39, 0.29) is 11.7 Å². The zero-order valence-corrected chi connectivity index (χ0v) is 14.9. The Hall–Kier alpha value is -2.79. The number of rotatable bonds is 4. The highest BCUT2D eigenvalue weighted by atomic mass is 35.5. The van der Waals surface area contributed by atoms with Gasteiger partial charge in [0.2, 0.25) is 0 Å². The number of aromatic nitrogens is 2. The van der Waals surface area contributed by atoms with Gasteiger partial charge in [-0.15, -0.1) is 0 Å². The highest BCUT2D eigenvalue weighted by Gasteiger charge is 2.13. The van der Waals surface area contributed by atoms with Crippen LogP contribution < -0.4 is 5.32 Å². The molecule has 4 aromatic rings. The van der Waals surface area contributed by atoms with Gasteiger partial charge in [-0.1, -0.05) is 23.7 Å². The number of hydrogen-bond acceptors (Lipinski definition) is 1. The third-order valence-corrected chi connectivity index (χ3v) is 4.83. The molecule has 26 heavy (non-hydrogen) atoms. The molecule has 0 bridgehead atoms. The Bertz CT molecular complexity index is 1130. The van der Waals surface area contributed by atoms with Crippen molar-refractivity contribution in [2.24, 2.45) is 0 Å². The molecule has 1 amide bonds. The van der Waals surface area contributed by atoms with E-state index in [9.17, 15) is 9.18 Å². The highest BCUT2D eigenvalue weighted by molar-refractivity contribution is 6.31. The van der Waals surface area contributed by atoms with E-state index < -0.39 is 0 Å². The SMILES string of the molecule is Cc1[nH]c2c(F)cccc2c1CCNC(=O)c1cc2cc(Cl)ccc2[nH]1. The third-order valence-electron chi connectivity index (χ3n) is 4.59. The standard InChI is InChI=1S/C20H17ClFN3O/c1-11-14(15-3-2-4-16(22)19(15)24-11)7-8-23-20(26)18-10-12-9-13(21)5-6-17(12)25-18/h2-6,9-10,24-25H,7-8H2,1H3,(H,23,26). The predicted octanol–water partition coefficient (Wildman–Crippen LogP) is 4.72. The van der Waals surface area contributed by atoms with Crippen molar-refractivity contribution in [1.82, 2.24) is 15.3 Å². The topological polar surface area (TPSA) is 60.7 Å². The number of halogens is 2. The van der Waals surface area contributed by atoms with Crippen LogP contribution in [0.3, 0.4) is 0 Å². The molecular weight excluding hydrogens is 353 g/mol. The molecule has 0 radical (unpaired) electrons. The summed E-state index contributed by atoms with van der Waals surface area (Å²) in [6, 6.07) is 12.2. The fourth-order valence-corrected chi connectivity index (χ4v) is 3.49. The summed E-state index contributed by atoms with van der Waals surface area (Å²) in [6.45, 7) is 2.37. The Morgan fingerprint density at radius 1 is 1.19 bits per heavy atom. The number of carbonyl (C=O) groups is 1. The van der Waals surface area contributed by atoms with Crippen molar-refractivity contribution in [3.8, 4) is 0 Å². The molecule has 0 atom stereocenters. The first-order valence-corrected chi connectivity index (χ1v) is 8.73. The van der Waals surface area contributed by atoms with E-state index in [1.165, 1.54) is 6.07 Å². The maximum absolute atomic E-state index is 13.9. The minimum absolute atomic E-state index is 0.180. The smallest absolute Gasteiger partial charge is 0.267 e. The highest BCUT2D eigenvalue weighted by Crippen LogP contribution is 2.24. The number of fused-ring (bicyclic) bond motifs is 2. The number of carbonyl (C=O) groups excluding carboxylic acids is 1. The molecule has 0 aliphatic heterocycles. The second kappa shape index (κ2) is 6.50. The van der Waals surface area contributed by atoms with Crippen LogP contribution in [0.2, 0.25) is 5.02 Å².